The van der Waals surface area contributed by atoms with Gasteiger partial charge < -0.3 is 10.4 Å². The van der Waals surface area contributed by atoms with E-state index in [-0.39, 0.29) is 12.5 Å². The van der Waals surface area contributed by atoms with Gasteiger partial charge in [-0.05, 0) is 18.8 Å². The van der Waals surface area contributed by atoms with E-state index in [2.05, 4.69) is 5.32 Å². The summed E-state index contributed by atoms with van der Waals surface area (Å²) in [6.07, 6.45) is 1.47. The number of alkyl halides is 2. The van der Waals surface area contributed by atoms with Gasteiger partial charge >= 0.3 is 0 Å². The third-order valence-corrected chi connectivity index (χ3v) is 3.00. The SMILES string of the molecule is O=C(CC1CCCCC1)NCC(O)C(F)F. The Kier molecular flexibility index (Phi) is 5.66. The number of amides is 1. The highest BCUT2D eigenvalue weighted by Crippen LogP contribution is 2.25. The molecule has 1 rings (SSSR count). The van der Waals surface area contributed by atoms with Crippen molar-refractivity contribution in [2.24, 2.45) is 5.92 Å². The van der Waals surface area contributed by atoms with Crippen LogP contribution in [-0.2, 0) is 4.79 Å². The number of carbonyl (C=O) groups is 1. The molecule has 1 atom stereocenters. The van der Waals surface area contributed by atoms with Crippen LogP contribution in [0.1, 0.15) is 38.5 Å². The smallest absolute Gasteiger partial charge is 0.265 e. The molecule has 0 spiro atoms. The third-order valence-electron chi connectivity index (χ3n) is 3.00. The summed E-state index contributed by atoms with van der Waals surface area (Å²) in [7, 11) is 0. The predicted octanol–water partition coefficient (Wildman–Crippen LogP) is 1.70. The molecule has 94 valence electrons. The zero-order valence-corrected chi connectivity index (χ0v) is 9.29. The van der Waals surface area contributed by atoms with Gasteiger partial charge in [-0.3, -0.25) is 4.79 Å². The quantitative estimate of drug-likeness (QED) is 0.762. The molecule has 1 aliphatic carbocycles. The molecule has 0 saturated heterocycles. The van der Waals surface area contributed by atoms with Crippen LogP contribution in [0.4, 0.5) is 8.78 Å². The van der Waals surface area contributed by atoms with Crippen molar-refractivity contribution in [3.8, 4) is 0 Å². The summed E-state index contributed by atoms with van der Waals surface area (Å²) in [5.41, 5.74) is 0. The van der Waals surface area contributed by atoms with E-state index in [4.69, 9.17) is 5.11 Å². The molecule has 0 radical (unpaired) electrons. The first-order valence-corrected chi connectivity index (χ1v) is 5.82. The molecule has 0 aromatic carbocycles. The fourth-order valence-electron chi connectivity index (χ4n) is 2.03. The molecule has 1 amide bonds. The van der Waals surface area contributed by atoms with Gasteiger partial charge in [0.2, 0.25) is 5.91 Å². The topological polar surface area (TPSA) is 49.3 Å². The lowest BCUT2D eigenvalue weighted by atomic mass is 9.87. The standard InChI is InChI=1S/C11H19F2NO2/c12-11(13)9(15)7-14-10(16)6-8-4-2-1-3-5-8/h8-9,11,15H,1-7H2,(H,14,16). The van der Waals surface area contributed by atoms with Crippen LogP contribution in [0.15, 0.2) is 0 Å². The molecule has 0 heterocycles. The van der Waals surface area contributed by atoms with E-state index in [1.165, 1.54) is 6.42 Å². The second-order valence-corrected chi connectivity index (χ2v) is 4.41. The van der Waals surface area contributed by atoms with E-state index in [1.54, 1.807) is 0 Å². The first-order valence-electron chi connectivity index (χ1n) is 5.82. The first-order chi connectivity index (χ1) is 7.59. The van der Waals surface area contributed by atoms with Crippen LogP contribution in [0.25, 0.3) is 0 Å². The Morgan fingerprint density at radius 2 is 1.94 bits per heavy atom. The Hall–Kier alpha value is -0.710. The maximum atomic E-state index is 11.9. The lowest BCUT2D eigenvalue weighted by Crippen LogP contribution is -2.36. The number of aliphatic hydroxyl groups is 1. The Morgan fingerprint density at radius 3 is 2.50 bits per heavy atom. The predicted molar refractivity (Wildman–Crippen MR) is 56.2 cm³/mol. The average Bonchev–Trinajstić information content (AvgIpc) is 2.27. The number of halogens is 2. The summed E-state index contributed by atoms with van der Waals surface area (Å²) in [5, 5.41) is 11.2. The number of hydrogen-bond acceptors (Lipinski definition) is 2. The lowest BCUT2D eigenvalue weighted by Gasteiger charge is -2.21. The fourth-order valence-corrected chi connectivity index (χ4v) is 2.03. The summed E-state index contributed by atoms with van der Waals surface area (Å²) in [6.45, 7) is -0.358. The van der Waals surface area contributed by atoms with Crippen LogP contribution in [0, 0.1) is 5.92 Å². The highest BCUT2D eigenvalue weighted by atomic mass is 19.3. The van der Waals surface area contributed by atoms with Gasteiger partial charge in [-0.2, -0.15) is 0 Å². The first kappa shape index (κ1) is 13.4. The zero-order chi connectivity index (χ0) is 12.0. The summed E-state index contributed by atoms with van der Waals surface area (Å²) in [4.78, 5) is 11.4. The lowest BCUT2D eigenvalue weighted by molar-refractivity contribution is -0.123. The van der Waals surface area contributed by atoms with E-state index in [9.17, 15) is 13.6 Å². The second-order valence-electron chi connectivity index (χ2n) is 4.41. The van der Waals surface area contributed by atoms with Crippen LogP contribution in [0.3, 0.4) is 0 Å². The molecule has 0 aromatic heterocycles. The minimum Gasteiger partial charge on any atom is -0.385 e. The molecule has 0 aromatic rings. The number of rotatable bonds is 5. The number of nitrogens with one attached hydrogen (secondary N) is 1. The molecule has 1 fully saturated rings. The minimum atomic E-state index is -2.80. The van der Waals surface area contributed by atoms with Gasteiger partial charge in [0.1, 0.15) is 6.10 Å². The molecular formula is C11H19F2NO2. The molecule has 2 N–H and O–H groups in total. The van der Waals surface area contributed by atoms with Gasteiger partial charge in [-0.1, -0.05) is 19.3 Å². The summed E-state index contributed by atoms with van der Waals surface area (Å²) >= 11 is 0. The molecule has 0 bridgehead atoms. The van der Waals surface area contributed by atoms with Crippen molar-refractivity contribution in [3.05, 3.63) is 0 Å². The van der Waals surface area contributed by atoms with Crippen molar-refractivity contribution in [2.75, 3.05) is 6.54 Å². The third kappa shape index (κ3) is 4.88. The summed E-state index contributed by atoms with van der Waals surface area (Å²) in [6, 6.07) is 0. The monoisotopic (exact) mass is 235 g/mol. The largest absolute Gasteiger partial charge is 0.385 e. The molecule has 0 aliphatic heterocycles. The van der Waals surface area contributed by atoms with Gasteiger partial charge in [0.15, 0.2) is 0 Å². The van der Waals surface area contributed by atoms with Crippen LogP contribution in [0.2, 0.25) is 0 Å². The Bertz CT molecular complexity index is 218. The van der Waals surface area contributed by atoms with Gasteiger partial charge in [0, 0.05) is 13.0 Å². The molecular weight excluding hydrogens is 216 g/mol. The van der Waals surface area contributed by atoms with Gasteiger partial charge in [-0.15, -0.1) is 0 Å². The van der Waals surface area contributed by atoms with Gasteiger partial charge in [0.25, 0.3) is 6.43 Å². The zero-order valence-electron chi connectivity index (χ0n) is 9.29. The van der Waals surface area contributed by atoms with Crippen LogP contribution < -0.4 is 5.32 Å². The summed E-state index contributed by atoms with van der Waals surface area (Å²) in [5.74, 6) is 0.157. The van der Waals surface area contributed by atoms with E-state index in [1.807, 2.05) is 0 Å². The van der Waals surface area contributed by atoms with E-state index >= 15 is 0 Å². The highest BCUT2D eigenvalue weighted by molar-refractivity contribution is 5.76. The average molecular weight is 235 g/mol. The van der Waals surface area contributed by atoms with Crippen LogP contribution in [-0.4, -0.2) is 30.1 Å². The molecule has 16 heavy (non-hydrogen) atoms. The minimum absolute atomic E-state index is 0.230. The van der Waals surface area contributed by atoms with Crippen LogP contribution in [0.5, 0.6) is 0 Å². The number of hydrogen-bond donors (Lipinski definition) is 2. The normalized spacial score (nSPS) is 19.8. The Morgan fingerprint density at radius 1 is 1.31 bits per heavy atom. The van der Waals surface area contributed by atoms with Gasteiger partial charge in [-0.25, -0.2) is 8.78 Å². The van der Waals surface area contributed by atoms with Crippen molar-refractivity contribution < 1.29 is 18.7 Å². The van der Waals surface area contributed by atoms with Gasteiger partial charge in [0.05, 0.1) is 0 Å². The number of aliphatic hydroxyl groups excluding tert-OH is 1. The molecule has 3 nitrogen and oxygen atoms in total. The van der Waals surface area contributed by atoms with E-state index in [0.717, 1.165) is 25.7 Å². The number of carbonyl (C=O) groups excluding carboxylic acids is 1. The Labute approximate surface area is 94.2 Å². The van der Waals surface area contributed by atoms with Crippen molar-refractivity contribution in [1.82, 2.24) is 5.32 Å². The van der Waals surface area contributed by atoms with Crippen molar-refractivity contribution >= 4 is 5.91 Å². The molecule has 1 saturated carbocycles. The molecule has 5 heteroatoms. The maximum absolute atomic E-state index is 11.9. The van der Waals surface area contributed by atoms with Crippen molar-refractivity contribution in [2.45, 2.75) is 51.1 Å². The highest BCUT2D eigenvalue weighted by Gasteiger charge is 2.20. The van der Waals surface area contributed by atoms with Crippen LogP contribution >= 0.6 is 0 Å². The van der Waals surface area contributed by atoms with E-state index in [0.29, 0.717) is 12.3 Å². The fraction of sp³-hybridized carbons (Fsp3) is 0.909. The summed E-state index contributed by atoms with van der Waals surface area (Å²) < 4.78 is 23.9. The Balaban J connectivity index is 2.14. The van der Waals surface area contributed by atoms with E-state index < -0.39 is 12.5 Å². The maximum Gasteiger partial charge on any atom is 0.265 e. The molecule has 1 unspecified atom stereocenters. The molecule has 1 aliphatic rings. The van der Waals surface area contributed by atoms with Crippen molar-refractivity contribution in [1.29, 1.82) is 0 Å². The van der Waals surface area contributed by atoms with Crippen molar-refractivity contribution in [3.63, 3.8) is 0 Å². The second kappa shape index (κ2) is 6.78.